The maximum absolute atomic E-state index is 14.6. The Morgan fingerprint density at radius 3 is 2.50 bits per heavy atom. The molecule has 1 N–H and O–H groups in total. The van der Waals surface area contributed by atoms with E-state index in [9.17, 15) is 13.6 Å². The van der Waals surface area contributed by atoms with Crippen LogP contribution in [0.5, 0.6) is 5.75 Å². The molecule has 0 bridgehead atoms. The van der Waals surface area contributed by atoms with Gasteiger partial charge in [-0.15, -0.1) is 0 Å². The molecule has 2 aliphatic carbocycles. The summed E-state index contributed by atoms with van der Waals surface area (Å²) in [5, 5.41) is 2.53. The van der Waals surface area contributed by atoms with Crippen LogP contribution in [0.4, 0.5) is 20.5 Å². The molecule has 1 aromatic heterocycles. The maximum atomic E-state index is 14.6. The number of rotatable bonds is 7. The number of amides is 1. The molecule has 3 atom stereocenters. The van der Waals surface area contributed by atoms with Gasteiger partial charge in [-0.25, -0.2) is 8.78 Å². The minimum atomic E-state index is -0.836. The van der Waals surface area contributed by atoms with Gasteiger partial charge in [-0.2, -0.15) is 4.98 Å². The van der Waals surface area contributed by atoms with Crippen molar-refractivity contribution >= 4 is 17.6 Å². The Balaban J connectivity index is 1.28. The number of anilines is 2. The first-order chi connectivity index (χ1) is 15.3. The number of carbonyl (C=O) groups is 1. The second kappa shape index (κ2) is 7.72. The second-order valence-electron chi connectivity index (χ2n) is 9.32. The average Bonchev–Trinajstić information content (AvgIpc) is 3.15. The molecule has 9 heteroatoms. The Labute approximate surface area is 185 Å². The minimum Gasteiger partial charge on any atom is -0.484 e. The molecule has 0 spiro atoms. The summed E-state index contributed by atoms with van der Waals surface area (Å²) in [6.07, 6.45) is 3.19. The fourth-order valence-electron chi connectivity index (χ4n) is 4.77. The highest BCUT2D eigenvalue weighted by Gasteiger charge is 2.47. The van der Waals surface area contributed by atoms with Crippen LogP contribution in [0.3, 0.4) is 0 Å². The number of carbonyl (C=O) groups excluding carboxylic acids is 1. The van der Waals surface area contributed by atoms with Crippen molar-refractivity contribution in [2.75, 3.05) is 30.4 Å². The first-order valence-electron chi connectivity index (χ1n) is 11.1. The summed E-state index contributed by atoms with van der Waals surface area (Å²) in [7, 11) is 1.65. The van der Waals surface area contributed by atoms with Crippen molar-refractivity contribution in [1.29, 1.82) is 0 Å². The molecule has 1 aromatic carbocycles. The number of hydrogen-bond donors (Lipinski definition) is 1. The van der Waals surface area contributed by atoms with Crippen LogP contribution >= 0.6 is 0 Å². The fraction of sp³-hybridized carbons (Fsp3) is 0.565. The maximum Gasteiger partial charge on any atom is 0.298 e. The molecular weight excluding hydrogens is 420 g/mol. The minimum absolute atomic E-state index is 0.00543. The Morgan fingerprint density at radius 1 is 1.25 bits per heavy atom. The van der Waals surface area contributed by atoms with Crippen LogP contribution < -0.4 is 15.0 Å². The first-order valence-corrected chi connectivity index (χ1v) is 11.1. The van der Waals surface area contributed by atoms with E-state index in [4.69, 9.17) is 13.9 Å². The number of benzene rings is 1. The van der Waals surface area contributed by atoms with Gasteiger partial charge in [-0.1, -0.05) is 6.92 Å². The van der Waals surface area contributed by atoms with E-state index in [0.717, 1.165) is 25.0 Å². The standard InChI is InChI=1S/C23H27F2N3O4/c1-4-18-19(27-22(32-18)28-10-23(2,11-28)30-3)21(29)26-14-8-16(24)20(17(25)9-14)31-15-6-12-5-13(12)7-15/h8-9,12-13,15H,4-7,10-11H2,1-3H3,(H,26,29)/t12-,13?,15?/m0/s1. The van der Waals surface area contributed by atoms with Crippen molar-refractivity contribution in [3.63, 3.8) is 0 Å². The van der Waals surface area contributed by atoms with Crippen LogP contribution in [-0.2, 0) is 11.2 Å². The highest BCUT2D eigenvalue weighted by Crippen LogP contribution is 2.52. The molecule has 1 saturated heterocycles. The highest BCUT2D eigenvalue weighted by molar-refractivity contribution is 6.03. The number of hydrogen-bond acceptors (Lipinski definition) is 6. The molecule has 32 heavy (non-hydrogen) atoms. The quantitative estimate of drug-likeness (QED) is 0.687. The number of nitrogens with one attached hydrogen (secondary N) is 1. The van der Waals surface area contributed by atoms with Gasteiger partial charge in [0.25, 0.3) is 11.9 Å². The molecule has 2 aromatic rings. The van der Waals surface area contributed by atoms with Gasteiger partial charge in [0.2, 0.25) is 0 Å². The van der Waals surface area contributed by atoms with Crippen molar-refractivity contribution in [3.8, 4) is 5.75 Å². The number of methoxy groups -OCH3 is 1. The SMILES string of the molecule is CCc1oc(N2CC(C)(OC)C2)nc1C(=O)Nc1cc(F)c(OC2CC3C[C@H]3C2)c(F)c1. The molecule has 1 amide bonds. The zero-order chi connectivity index (χ0) is 22.6. The molecule has 3 aliphatic rings. The van der Waals surface area contributed by atoms with Gasteiger partial charge >= 0.3 is 0 Å². The van der Waals surface area contributed by atoms with Crippen molar-refractivity contribution in [1.82, 2.24) is 4.98 Å². The predicted molar refractivity (Wildman–Crippen MR) is 113 cm³/mol. The normalized spacial score (nSPS) is 25.3. The van der Waals surface area contributed by atoms with E-state index in [1.54, 1.807) is 7.11 Å². The lowest BCUT2D eigenvalue weighted by molar-refractivity contribution is -0.0191. The summed E-state index contributed by atoms with van der Waals surface area (Å²) >= 11 is 0. The van der Waals surface area contributed by atoms with E-state index in [0.29, 0.717) is 43.1 Å². The van der Waals surface area contributed by atoms with Crippen LogP contribution in [0.2, 0.25) is 0 Å². The second-order valence-corrected chi connectivity index (χ2v) is 9.32. The van der Waals surface area contributed by atoms with Gasteiger partial charge in [0.15, 0.2) is 23.1 Å². The average molecular weight is 447 g/mol. The number of nitrogens with zero attached hydrogens (tertiary/aromatic N) is 2. The van der Waals surface area contributed by atoms with Crippen molar-refractivity contribution in [3.05, 3.63) is 35.2 Å². The number of aromatic nitrogens is 1. The molecule has 172 valence electrons. The van der Waals surface area contributed by atoms with Gasteiger partial charge in [0.05, 0.1) is 19.2 Å². The van der Waals surface area contributed by atoms with Crippen LogP contribution in [0.1, 0.15) is 49.4 Å². The largest absolute Gasteiger partial charge is 0.484 e. The van der Waals surface area contributed by atoms with E-state index in [2.05, 4.69) is 10.3 Å². The molecule has 3 fully saturated rings. The highest BCUT2D eigenvalue weighted by atomic mass is 19.1. The van der Waals surface area contributed by atoms with Gasteiger partial charge in [-0.3, -0.25) is 4.79 Å². The molecule has 2 saturated carbocycles. The summed E-state index contributed by atoms with van der Waals surface area (Å²) in [5.74, 6) is -0.951. The van der Waals surface area contributed by atoms with Crippen LogP contribution in [-0.4, -0.2) is 42.8 Å². The summed E-state index contributed by atoms with van der Waals surface area (Å²) in [6.45, 7) is 5.00. The van der Waals surface area contributed by atoms with Gasteiger partial charge in [0.1, 0.15) is 11.4 Å². The molecule has 2 heterocycles. The van der Waals surface area contributed by atoms with Crippen molar-refractivity contribution < 1.29 is 27.5 Å². The Bertz CT molecular complexity index is 1020. The molecule has 5 rings (SSSR count). The smallest absolute Gasteiger partial charge is 0.298 e. The molecule has 7 nitrogen and oxygen atoms in total. The summed E-state index contributed by atoms with van der Waals surface area (Å²) < 4.78 is 45.9. The van der Waals surface area contributed by atoms with Crippen molar-refractivity contribution in [2.24, 2.45) is 11.8 Å². The third-order valence-corrected chi connectivity index (χ3v) is 6.78. The van der Waals surface area contributed by atoms with Crippen molar-refractivity contribution in [2.45, 2.75) is 51.2 Å². The van der Waals surface area contributed by atoms with Gasteiger partial charge in [-0.05, 0) is 38.0 Å². The molecule has 0 radical (unpaired) electrons. The number of oxazole rings is 1. The Kier molecular flexibility index (Phi) is 5.11. The number of halogens is 2. The Hall–Kier alpha value is -2.68. The summed E-state index contributed by atoms with van der Waals surface area (Å²) in [6, 6.07) is 2.47. The van der Waals surface area contributed by atoms with E-state index in [-0.39, 0.29) is 28.8 Å². The Morgan fingerprint density at radius 2 is 1.91 bits per heavy atom. The summed E-state index contributed by atoms with van der Waals surface area (Å²) in [4.78, 5) is 19.0. The van der Waals surface area contributed by atoms with Crippen LogP contribution in [0, 0.1) is 23.5 Å². The van der Waals surface area contributed by atoms with E-state index >= 15 is 0 Å². The zero-order valence-electron chi connectivity index (χ0n) is 18.4. The molecule has 2 unspecified atom stereocenters. The molecular formula is C23H27F2N3O4. The van der Waals surface area contributed by atoms with E-state index in [1.807, 2.05) is 18.7 Å². The number of ether oxygens (including phenoxy) is 2. The lowest BCUT2D eigenvalue weighted by Crippen LogP contribution is -2.61. The van der Waals surface area contributed by atoms with Crippen LogP contribution in [0.15, 0.2) is 16.5 Å². The third kappa shape index (κ3) is 3.83. The van der Waals surface area contributed by atoms with Gasteiger partial charge < -0.3 is 24.1 Å². The number of aryl methyl sites for hydroxylation is 1. The lowest BCUT2D eigenvalue weighted by Gasteiger charge is -2.45. The lowest BCUT2D eigenvalue weighted by atomic mass is 9.97. The van der Waals surface area contributed by atoms with Gasteiger partial charge in [0, 0.05) is 31.4 Å². The topological polar surface area (TPSA) is 76.8 Å². The third-order valence-electron chi connectivity index (χ3n) is 6.78. The fourth-order valence-corrected chi connectivity index (χ4v) is 4.77. The summed E-state index contributed by atoms with van der Waals surface area (Å²) in [5.41, 5.74) is -0.185. The van der Waals surface area contributed by atoms with E-state index in [1.165, 1.54) is 6.42 Å². The predicted octanol–water partition coefficient (Wildman–Crippen LogP) is 4.17. The number of fused-ring (bicyclic) bond motifs is 1. The van der Waals surface area contributed by atoms with E-state index < -0.39 is 17.5 Å². The first kappa shape index (κ1) is 21.2. The monoisotopic (exact) mass is 447 g/mol. The zero-order valence-corrected chi connectivity index (χ0v) is 18.4. The molecule has 1 aliphatic heterocycles. The van der Waals surface area contributed by atoms with Crippen LogP contribution in [0.25, 0.3) is 0 Å².